The molecule has 2 aromatic rings. The van der Waals surface area contributed by atoms with Crippen LogP contribution in [-0.2, 0) is 15.1 Å². The molecule has 1 atom stereocenters. The SMILES string of the molecule is CCCOc1ccccc1OCC(=O)NN1C(=O)N[C@](CC)(c2ccccc2)C1=O. The lowest BCUT2D eigenvalue weighted by atomic mass is 9.87. The largest absolute Gasteiger partial charge is 0.490 e. The first-order valence-corrected chi connectivity index (χ1v) is 9.88. The Bertz CT molecular complexity index is 918. The molecule has 0 spiro atoms. The van der Waals surface area contributed by atoms with Gasteiger partial charge in [0.05, 0.1) is 6.61 Å². The van der Waals surface area contributed by atoms with E-state index in [2.05, 4.69) is 10.7 Å². The van der Waals surface area contributed by atoms with Gasteiger partial charge in [-0.3, -0.25) is 15.0 Å². The average molecular weight is 411 g/mol. The lowest BCUT2D eigenvalue weighted by Gasteiger charge is -2.25. The van der Waals surface area contributed by atoms with E-state index in [0.29, 0.717) is 35.1 Å². The van der Waals surface area contributed by atoms with Crippen LogP contribution in [0.25, 0.3) is 0 Å². The van der Waals surface area contributed by atoms with Gasteiger partial charge in [-0.2, -0.15) is 5.01 Å². The first kappa shape index (κ1) is 21.2. The standard InChI is InChI=1S/C22H25N3O5/c1-3-14-29-17-12-8-9-13-18(17)30-15-19(26)24-25-20(27)22(4-2,23-21(25)28)16-10-6-5-7-11-16/h5-13H,3-4,14-15H2,1-2H3,(H,23,28)(H,24,26)/t22-/m1/s1. The predicted octanol–water partition coefficient (Wildman–Crippen LogP) is 2.74. The number of ether oxygens (including phenoxy) is 2. The van der Waals surface area contributed by atoms with Crippen molar-refractivity contribution in [2.75, 3.05) is 13.2 Å². The Labute approximate surface area is 175 Å². The Morgan fingerprint density at radius 3 is 2.27 bits per heavy atom. The van der Waals surface area contributed by atoms with E-state index in [9.17, 15) is 14.4 Å². The fraction of sp³-hybridized carbons (Fsp3) is 0.318. The van der Waals surface area contributed by atoms with Gasteiger partial charge in [-0.1, -0.05) is 56.3 Å². The van der Waals surface area contributed by atoms with Crippen molar-refractivity contribution in [2.45, 2.75) is 32.2 Å². The van der Waals surface area contributed by atoms with Gasteiger partial charge in [-0.05, 0) is 30.5 Å². The zero-order valence-corrected chi connectivity index (χ0v) is 17.0. The van der Waals surface area contributed by atoms with Gasteiger partial charge in [0.1, 0.15) is 5.54 Å². The van der Waals surface area contributed by atoms with E-state index in [0.717, 1.165) is 6.42 Å². The molecular formula is C22H25N3O5. The van der Waals surface area contributed by atoms with Crippen molar-refractivity contribution in [3.8, 4) is 11.5 Å². The molecular weight excluding hydrogens is 386 g/mol. The molecule has 30 heavy (non-hydrogen) atoms. The fourth-order valence-electron chi connectivity index (χ4n) is 3.24. The maximum atomic E-state index is 13.0. The van der Waals surface area contributed by atoms with Crippen LogP contribution in [0.2, 0.25) is 0 Å². The monoisotopic (exact) mass is 411 g/mol. The van der Waals surface area contributed by atoms with Crippen LogP contribution >= 0.6 is 0 Å². The Balaban J connectivity index is 1.66. The van der Waals surface area contributed by atoms with Crippen molar-refractivity contribution in [3.05, 3.63) is 60.2 Å². The fourth-order valence-corrected chi connectivity index (χ4v) is 3.24. The minimum atomic E-state index is -1.22. The summed E-state index contributed by atoms with van der Waals surface area (Å²) in [4.78, 5) is 37.8. The van der Waals surface area contributed by atoms with Gasteiger partial charge in [0.2, 0.25) is 0 Å². The lowest BCUT2D eigenvalue weighted by Crippen LogP contribution is -2.49. The van der Waals surface area contributed by atoms with Crippen LogP contribution in [-0.4, -0.2) is 36.1 Å². The molecule has 2 N–H and O–H groups in total. The van der Waals surface area contributed by atoms with Crippen molar-refractivity contribution in [1.29, 1.82) is 0 Å². The molecule has 0 aliphatic carbocycles. The summed E-state index contributed by atoms with van der Waals surface area (Å²) in [5.74, 6) is -0.244. The number of carbonyl (C=O) groups excluding carboxylic acids is 3. The van der Waals surface area contributed by atoms with E-state index in [1.165, 1.54) is 0 Å². The van der Waals surface area contributed by atoms with Gasteiger partial charge in [0.25, 0.3) is 11.8 Å². The third-order valence-electron chi connectivity index (χ3n) is 4.79. The second kappa shape index (κ2) is 9.30. The van der Waals surface area contributed by atoms with E-state index < -0.39 is 23.4 Å². The molecule has 0 radical (unpaired) electrons. The van der Waals surface area contributed by atoms with Crippen LogP contribution in [0.3, 0.4) is 0 Å². The van der Waals surface area contributed by atoms with Gasteiger partial charge in [0.15, 0.2) is 18.1 Å². The number of urea groups is 1. The molecule has 158 valence electrons. The normalized spacial score (nSPS) is 18.1. The van der Waals surface area contributed by atoms with E-state index in [1.807, 2.05) is 13.0 Å². The van der Waals surface area contributed by atoms with Crippen LogP contribution in [0.5, 0.6) is 11.5 Å². The molecule has 0 aromatic heterocycles. The highest BCUT2D eigenvalue weighted by Crippen LogP contribution is 2.31. The molecule has 3 rings (SSSR count). The van der Waals surface area contributed by atoms with E-state index in [4.69, 9.17) is 9.47 Å². The molecule has 0 saturated carbocycles. The molecule has 8 heteroatoms. The van der Waals surface area contributed by atoms with E-state index in [1.54, 1.807) is 55.5 Å². The number of hydrogen-bond donors (Lipinski definition) is 2. The van der Waals surface area contributed by atoms with E-state index >= 15 is 0 Å². The maximum absolute atomic E-state index is 13.0. The minimum absolute atomic E-state index is 0.340. The molecule has 8 nitrogen and oxygen atoms in total. The number of amides is 4. The second-order valence-corrected chi connectivity index (χ2v) is 6.81. The summed E-state index contributed by atoms with van der Waals surface area (Å²) in [5.41, 5.74) is 1.78. The molecule has 1 aliphatic heterocycles. The number of hydrogen-bond acceptors (Lipinski definition) is 5. The summed E-state index contributed by atoms with van der Waals surface area (Å²) >= 11 is 0. The molecule has 4 amide bonds. The molecule has 0 bridgehead atoms. The lowest BCUT2D eigenvalue weighted by molar-refractivity contribution is -0.140. The third-order valence-corrected chi connectivity index (χ3v) is 4.79. The minimum Gasteiger partial charge on any atom is -0.490 e. The summed E-state index contributed by atoms with van der Waals surface area (Å²) in [6.45, 7) is 3.93. The van der Waals surface area contributed by atoms with Crippen molar-refractivity contribution < 1.29 is 23.9 Å². The Morgan fingerprint density at radius 2 is 1.63 bits per heavy atom. The van der Waals surface area contributed by atoms with Crippen molar-refractivity contribution in [1.82, 2.24) is 15.8 Å². The number of hydrazine groups is 1. The molecule has 1 aliphatic rings. The van der Waals surface area contributed by atoms with Crippen LogP contribution in [0.1, 0.15) is 32.3 Å². The van der Waals surface area contributed by atoms with Gasteiger partial charge in [-0.15, -0.1) is 0 Å². The summed E-state index contributed by atoms with van der Waals surface area (Å²) in [6.07, 6.45) is 1.17. The molecule has 1 heterocycles. The first-order chi connectivity index (χ1) is 14.5. The summed E-state index contributed by atoms with van der Waals surface area (Å²) in [7, 11) is 0. The third kappa shape index (κ3) is 4.22. The topological polar surface area (TPSA) is 97.0 Å². The Morgan fingerprint density at radius 1 is 1.00 bits per heavy atom. The number of imide groups is 1. The number of rotatable bonds is 9. The quantitative estimate of drug-likeness (QED) is 0.619. The van der Waals surface area contributed by atoms with Crippen LogP contribution in [0.4, 0.5) is 4.79 Å². The summed E-state index contributed by atoms with van der Waals surface area (Å²) < 4.78 is 11.1. The zero-order chi connectivity index (χ0) is 21.6. The number of para-hydroxylation sites is 2. The number of carbonyl (C=O) groups is 3. The van der Waals surface area contributed by atoms with Gasteiger partial charge < -0.3 is 14.8 Å². The maximum Gasteiger partial charge on any atom is 0.344 e. The second-order valence-electron chi connectivity index (χ2n) is 6.81. The highest BCUT2D eigenvalue weighted by atomic mass is 16.5. The predicted molar refractivity (Wildman–Crippen MR) is 110 cm³/mol. The highest BCUT2D eigenvalue weighted by molar-refractivity contribution is 6.08. The smallest absolute Gasteiger partial charge is 0.344 e. The van der Waals surface area contributed by atoms with Crippen molar-refractivity contribution in [2.24, 2.45) is 0 Å². The molecule has 0 unspecified atom stereocenters. The van der Waals surface area contributed by atoms with Crippen LogP contribution < -0.4 is 20.2 Å². The van der Waals surface area contributed by atoms with Crippen molar-refractivity contribution >= 4 is 17.8 Å². The van der Waals surface area contributed by atoms with Gasteiger partial charge >= 0.3 is 6.03 Å². The molecule has 1 fully saturated rings. The number of nitrogens with one attached hydrogen (secondary N) is 2. The Kier molecular flexibility index (Phi) is 6.56. The number of nitrogens with zero attached hydrogens (tertiary/aromatic N) is 1. The summed E-state index contributed by atoms with van der Waals surface area (Å²) in [6, 6.07) is 15.3. The highest BCUT2D eigenvalue weighted by Gasteiger charge is 2.52. The molecule has 2 aromatic carbocycles. The van der Waals surface area contributed by atoms with E-state index in [-0.39, 0.29) is 6.61 Å². The number of benzene rings is 2. The zero-order valence-electron chi connectivity index (χ0n) is 17.0. The molecule has 1 saturated heterocycles. The summed E-state index contributed by atoms with van der Waals surface area (Å²) in [5, 5.41) is 3.42. The Hall–Kier alpha value is -3.55. The van der Waals surface area contributed by atoms with Crippen LogP contribution in [0, 0.1) is 0 Å². The van der Waals surface area contributed by atoms with Gasteiger partial charge in [-0.25, -0.2) is 4.79 Å². The average Bonchev–Trinajstić information content (AvgIpc) is 3.02. The van der Waals surface area contributed by atoms with Crippen LogP contribution in [0.15, 0.2) is 54.6 Å². The van der Waals surface area contributed by atoms with Gasteiger partial charge in [0, 0.05) is 0 Å². The van der Waals surface area contributed by atoms with Crippen molar-refractivity contribution in [3.63, 3.8) is 0 Å². The first-order valence-electron chi connectivity index (χ1n) is 9.88.